The monoisotopic (exact) mass is 320 g/mol. The first-order chi connectivity index (χ1) is 9.05. The van der Waals surface area contributed by atoms with E-state index in [-0.39, 0.29) is 6.04 Å². The summed E-state index contributed by atoms with van der Waals surface area (Å²) in [5.41, 5.74) is 0. The summed E-state index contributed by atoms with van der Waals surface area (Å²) in [6.45, 7) is 3.48. The van der Waals surface area contributed by atoms with Crippen molar-refractivity contribution in [1.29, 1.82) is 0 Å². The Morgan fingerprint density at radius 1 is 1.47 bits per heavy atom. The number of rotatable bonds is 5. The molecule has 108 valence electrons. The van der Waals surface area contributed by atoms with Crippen molar-refractivity contribution < 1.29 is 8.42 Å². The summed E-state index contributed by atoms with van der Waals surface area (Å²) >= 11 is 3.22. The van der Waals surface area contributed by atoms with Crippen LogP contribution in [0.4, 0.5) is 0 Å². The van der Waals surface area contributed by atoms with E-state index in [2.05, 4.69) is 5.32 Å². The van der Waals surface area contributed by atoms with Gasteiger partial charge in [-0.3, -0.25) is 0 Å². The van der Waals surface area contributed by atoms with Gasteiger partial charge >= 0.3 is 0 Å². The zero-order valence-electron chi connectivity index (χ0n) is 11.3. The molecule has 2 heterocycles. The molecule has 1 N–H and O–H groups in total. The molecule has 0 aromatic carbocycles. The van der Waals surface area contributed by atoms with E-state index in [1.54, 1.807) is 10.4 Å². The topological polar surface area (TPSA) is 49.4 Å². The molecule has 1 aromatic rings. The summed E-state index contributed by atoms with van der Waals surface area (Å²) in [5.74, 6) is 1.78. The first-order valence-electron chi connectivity index (χ1n) is 6.38. The molecule has 1 aliphatic heterocycles. The lowest BCUT2D eigenvalue weighted by Gasteiger charge is -2.31. The fourth-order valence-corrected chi connectivity index (χ4v) is 6.40. The Hall–Kier alpha value is -0.0800. The number of likely N-dealkylation sites (N-methyl/N-ethyl adjacent to an activating group) is 1. The minimum absolute atomic E-state index is 0.0895. The lowest BCUT2D eigenvalue weighted by atomic mass is 10.3. The fraction of sp³-hybridized carbons (Fsp3) is 0.667. The van der Waals surface area contributed by atoms with E-state index >= 15 is 0 Å². The van der Waals surface area contributed by atoms with Gasteiger partial charge in [0.05, 0.1) is 0 Å². The van der Waals surface area contributed by atoms with Crippen LogP contribution in [0.5, 0.6) is 0 Å². The van der Waals surface area contributed by atoms with Crippen LogP contribution < -0.4 is 5.32 Å². The van der Waals surface area contributed by atoms with Gasteiger partial charge in [0, 0.05) is 29.0 Å². The number of nitrogens with one attached hydrogen (secondary N) is 1. The molecule has 1 unspecified atom stereocenters. The van der Waals surface area contributed by atoms with Crippen LogP contribution in [0.2, 0.25) is 0 Å². The highest BCUT2D eigenvalue weighted by atomic mass is 32.2. The number of hydrogen-bond donors (Lipinski definition) is 1. The molecule has 1 aromatic heterocycles. The average molecular weight is 321 g/mol. The normalized spacial score (nSPS) is 21.7. The first kappa shape index (κ1) is 15.3. The van der Waals surface area contributed by atoms with Crippen molar-refractivity contribution in [2.45, 2.75) is 23.6 Å². The van der Waals surface area contributed by atoms with E-state index < -0.39 is 10.0 Å². The lowest BCUT2D eigenvalue weighted by molar-refractivity contribution is 0.368. The number of sulfonamides is 1. The molecule has 1 atom stereocenters. The summed E-state index contributed by atoms with van der Waals surface area (Å²) in [6, 6.07) is 3.77. The van der Waals surface area contributed by atoms with E-state index in [4.69, 9.17) is 0 Å². The molecule has 1 fully saturated rings. The molecule has 0 amide bonds. The standard InChI is InChI=1S/C12H20N2O2S3/c1-10-9-17-8-7-14(10)19(15,16)12-4-3-11(18-12)5-6-13-2/h3-4,10,13H,5-9H2,1-2H3. The summed E-state index contributed by atoms with van der Waals surface area (Å²) in [4.78, 5) is 1.12. The van der Waals surface area contributed by atoms with Crippen molar-refractivity contribution in [1.82, 2.24) is 9.62 Å². The van der Waals surface area contributed by atoms with Crippen LogP contribution in [0.3, 0.4) is 0 Å². The molecule has 0 aliphatic carbocycles. The fourth-order valence-electron chi connectivity index (χ4n) is 2.06. The average Bonchev–Trinajstić information content (AvgIpc) is 2.86. The molecule has 1 aliphatic rings. The second kappa shape index (κ2) is 6.58. The third kappa shape index (κ3) is 3.52. The van der Waals surface area contributed by atoms with Crippen molar-refractivity contribution in [3.05, 3.63) is 17.0 Å². The highest BCUT2D eigenvalue weighted by molar-refractivity contribution is 7.99. The first-order valence-corrected chi connectivity index (χ1v) is 9.79. The Morgan fingerprint density at radius 2 is 2.26 bits per heavy atom. The molecule has 19 heavy (non-hydrogen) atoms. The number of hydrogen-bond acceptors (Lipinski definition) is 5. The van der Waals surface area contributed by atoms with Gasteiger partial charge in [-0.15, -0.1) is 11.3 Å². The summed E-state index contributed by atoms with van der Waals surface area (Å²) in [6.07, 6.45) is 0.877. The molecule has 0 bridgehead atoms. The summed E-state index contributed by atoms with van der Waals surface area (Å²) in [5, 5.41) is 3.08. The number of thioether (sulfide) groups is 1. The minimum Gasteiger partial charge on any atom is -0.319 e. The quantitative estimate of drug-likeness (QED) is 0.896. The van der Waals surface area contributed by atoms with Crippen molar-refractivity contribution in [2.24, 2.45) is 0 Å². The number of thiophene rings is 1. The molecule has 0 spiro atoms. The van der Waals surface area contributed by atoms with Crippen LogP contribution in [0.25, 0.3) is 0 Å². The molecular formula is C12H20N2O2S3. The van der Waals surface area contributed by atoms with Crippen molar-refractivity contribution in [2.75, 3.05) is 31.6 Å². The Balaban J connectivity index is 2.16. The maximum Gasteiger partial charge on any atom is 0.252 e. The van der Waals surface area contributed by atoms with Gasteiger partial charge in [-0.05, 0) is 39.1 Å². The molecule has 2 rings (SSSR count). The SMILES string of the molecule is CNCCc1ccc(S(=O)(=O)N2CCSCC2C)s1. The maximum absolute atomic E-state index is 12.6. The molecule has 0 radical (unpaired) electrons. The third-order valence-corrected chi connectivity index (χ3v) is 7.94. The second-order valence-electron chi connectivity index (χ2n) is 4.61. The van der Waals surface area contributed by atoms with Crippen LogP contribution in [0.15, 0.2) is 16.3 Å². The van der Waals surface area contributed by atoms with Gasteiger partial charge in [-0.25, -0.2) is 8.42 Å². The van der Waals surface area contributed by atoms with Crippen molar-refractivity contribution >= 4 is 33.1 Å². The van der Waals surface area contributed by atoms with Gasteiger partial charge in [0.15, 0.2) is 0 Å². The van der Waals surface area contributed by atoms with Crippen LogP contribution >= 0.6 is 23.1 Å². The maximum atomic E-state index is 12.6. The van der Waals surface area contributed by atoms with Gasteiger partial charge < -0.3 is 5.32 Å². The molecule has 0 saturated carbocycles. The smallest absolute Gasteiger partial charge is 0.252 e. The van der Waals surface area contributed by atoms with Gasteiger partial charge in [0.2, 0.25) is 0 Å². The van der Waals surface area contributed by atoms with Crippen LogP contribution in [-0.4, -0.2) is 50.4 Å². The number of nitrogens with zero attached hydrogens (tertiary/aromatic N) is 1. The zero-order valence-corrected chi connectivity index (χ0v) is 13.7. The molecule has 7 heteroatoms. The van der Waals surface area contributed by atoms with E-state index in [0.29, 0.717) is 10.8 Å². The largest absolute Gasteiger partial charge is 0.319 e. The van der Waals surface area contributed by atoms with E-state index in [0.717, 1.165) is 29.3 Å². The van der Waals surface area contributed by atoms with Crippen LogP contribution in [0.1, 0.15) is 11.8 Å². The Labute approximate surface area is 123 Å². The predicted molar refractivity (Wildman–Crippen MR) is 82.6 cm³/mol. The highest BCUT2D eigenvalue weighted by Crippen LogP contribution is 2.29. The minimum atomic E-state index is -3.30. The van der Waals surface area contributed by atoms with Gasteiger partial charge in [-0.1, -0.05) is 0 Å². The van der Waals surface area contributed by atoms with Crippen molar-refractivity contribution in [3.8, 4) is 0 Å². The molecule has 4 nitrogen and oxygen atoms in total. The van der Waals surface area contributed by atoms with Gasteiger partial charge in [0.25, 0.3) is 10.0 Å². The van der Waals surface area contributed by atoms with E-state index in [1.807, 2.05) is 31.8 Å². The van der Waals surface area contributed by atoms with Crippen LogP contribution in [0, 0.1) is 0 Å². The van der Waals surface area contributed by atoms with Crippen molar-refractivity contribution in [3.63, 3.8) is 0 Å². The summed E-state index contributed by atoms with van der Waals surface area (Å²) < 4.78 is 27.3. The third-order valence-electron chi connectivity index (χ3n) is 3.13. The Kier molecular flexibility index (Phi) is 5.30. The van der Waals surface area contributed by atoms with E-state index in [9.17, 15) is 8.42 Å². The summed E-state index contributed by atoms with van der Waals surface area (Å²) in [7, 11) is -1.40. The predicted octanol–water partition coefficient (Wildman–Crippen LogP) is 1.64. The lowest BCUT2D eigenvalue weighted by Crippen LogP contribution is -2.44. The zero-order chi connectivity index (χ0) is 13.9. The van der Waals surface area contributed by atoms with E-state index in [1.165, 1.54) is 11.3 Å². The molecular weight excluding hydrogens is 300 g/mol. The molecule has 1 saturated heterocycles. The van der Waals surface area contributed by atoms with Crippen LogP contribution in [-0.2, 0) is 16.4 Å². The Morgan fingerprint density at radius 3 is 2.95 bits per heavy atom. The van der Waals surface area contributed by atoms with Gasteiger partial charge in [-0.2, -0.15) is 16.1 Å². The highest BCUT2D eigenvalue weighted by Gasteiger charge is 2.32. The Bertz CT molecular complexity index is 513. The second-order valence-corrected chi connectivity index (χ2v) is 9.05. The van der Waals surface area contributed by atoms with Gasteiger partial charge in [0.1, 0.15) is 4.21 Å².